The summed E-state index contributed by atoms with van der Waals surface area (Å²) in [5, 5.41) is 3.14. The zero-order valence-corrected chi connectivity index (χ0v) is 19.0. The molecule has 0 spiro atoms. The molecule has 3 heterocycles. The molecule has 1 amide bonds. The molecule has 7 heteroatoms. The van der Waals surface area contributed by atoms with Crippen LogP contribution in [0, 0.1) is 0 Å². The van der Waals surface area contributed by atoms with Crippen molar-refractivity contribution in [3.63, 3.8) is 0 Å². The lowest BCUT2D eigenvalue weighted by atomic mass is 10.1. The number of carbonyl (C=O) groups excluding carboxylic acids is 1. The number of likely N-dealkylation sites (tertiary alicyclic amines) is 1. The number of pyridine rings is 1. The molecule has 1 aliphatic heterocycles. The number of benzene rings is 1. The van der Waals surface area contributed by atoms with Crippen LogP contribution < -0.4 is 5.32 Å². The van der Waals surface area contributed by atoms with Gasteiger partial charge in [-0.1, -0.05) is 30.3 Å². The van der Waals surface area contributed by atoms with Gasteiger partial charge in [0, 0.05) is 45.4 Å². The van der Waals surface area contributed by atoms with Gasteiger partial charge in [0.2, 0.25) is 5.91 Å². The fraction of sp³-hybridized carbons (Fsp3) is 0.360. The summed E-state index contributed by atoms with van der Waals surface area (Å²) >= 11 is 0. The molecule has 4 rings (SSSR count). The lowest BCUT2D eigenvalue weighted by molar-refractivity contribution is -0.128. The zero-order chi connectivity index (χ0) is 22.5. The second-order valence-corrected chi connectivity index (χ2v) is 8.27. The van der Waals surface area contributed by atoms with Gasteiger partial charge in [0.25, 0.3) is 0 Å². The van der Waals surface area contributed by atoms with E-state index in [9.17, 15) is 4.79 Å². The summed E-state index contributed by atoms with van der Waals surface area (Å²) in [4.78, 5) is 29.8. The predicted molar refractivity (Wildman–Crippen MR) is 126 cm³/mol. The van der Waals surface area contributed by atoms with E-state index in [-0.39, 0.29) is 11.9 Å². The van der Waals surface area contributed by atoms with Crippen molar-refractivity contribution in [2.24, 2.45) is 0 Å². The summed E-state index contributed by atoms with van der Waals surface area (Å²) in [5.41, 5.74) is 4.22. The van der Waals surface area contributed by atoms with Gasteiger partial charge in [-0.3, -0.25) is 14.7 Å². The lowest BCUT2D eigenvalue weighted by Crippen LogP contribution is -2.26. The van der Waals surface area contributed by atoms with Crippen molar-refractivity contribution >= 4 is 11.7 Å². The maximum absolute atomic E-state index is 11.7. The average Bonchev–Trinajstić information content (AvgIpc) is 3.28. The molecule has 1 aromatic carbocycles. The Hall–Kier alpha value is -3.32. The SMILES string of the molecule is CNc1cc(CN(C)C(C)=O)nc([C@@H]2CCCN2Cc2ccc(-c3ccccn3)cc2)n1. The van der Waals surface area contributed by atoms with Crippen LogP contribution in [0.2, 0.25) is 0 Å². The fourth-order valence-corrected chi connectivity index (χ4v) is 4.09. The highest BCUT2D eigenvalue weighted by atomic mass is 16.2. The Labute approximate surface area is 189 Å². The summed E-state index contributed by atoms with van der Waals surface area (Å²) < 4.78 is 0. The van der Waals surface area contributed by atoms with E-state index >= 15 is 0 Å². The molecule has 0 aliphatic carbocycles. The quantitative estimate of drug-likeness (QED) is 0.613. The maximum Gasteiger partial charge on any atom is 0.219 e. The molecule has 2 aromatic heterocycles. The number of aromatic nitrogens is 3. The van der Waals surface area contributed by atoms with Crippen molar-refractivity contribution < 1.29 is 4.79 Å². The maximum atomic E-state index is 11.7. The van der Waals surface area contributed by atoms with Gasteiger partial charge in [-0.25, -0.2) is 9.97 Å². The van der Waals surface area contributed by atoms with Gasteiger partial charge in [0.15, 0.2) is 0 Å². The van der Waals surface area contributed by atoms with E-state index in [1.165, 1.54) is 5.56 Å². The van der Waals surface area contributed by atoms with E-state index in [1.54, 1.807) is 18.9 Å². The number of rotatable bonds is 7. The Balaban J connectivity index is 1.51. The first kappa shape index (κ1) is 21.9. The largest absolute Gasteiger partial charge is 0.373 e. The molecule has 0 unspecified atom stereocenters. The topological polar surface area (TPSA) is 74.2 Å². The van der Waals surface area contributed by atoms with E-state index in [0.717, 1.165) is 54.5 Å². The minimum atomic E-state index is 0.0211. The first-order valence-electron chi connectivity index (χ1n) is 11.0. The van der Waals surface area contributed by atoms with Crippen LogP contribution in [0.25, 0.3) is 11.3 Å². The highest BCUT2D eigenvalue weighted by Gasteiger charge is 2.29. The number of nitrogens with zero attached hydrogens (tertiary/aromatic N) is 5. The van der Waals surface area contributed by atoms with Crippen molar-refractivity contribution in [3.8, 4) is 11.3 Å². The number of nitrogens with one attached hydrogen (secondary N) is 1. The minimum Gasteiger partial charge on any atom is -0.373 e. The summed E-state index contributed by atoms with van der Waals surface area (Å²) in [6, 6.07) is 16.7. The molecule has 1 N–H and O–H groups in total. The molecule has 166 valence electrons. The molecule has 0 bridgehead atoms. The normalized spacial score (nSPS) is 16.2. The van der Waals surface area contributed by atoms with E-state index < -0.39 is 0 Å². The molecule has 0 saturated carbocycles. The molecule has 3 aromatic rings. The van der Waals surface area contributed by atoms with E-state index in [1.807, 2.05) is 37.5 Å². The summed E-state index contributed by atoms with van der Waals surface area (Å²) in [7, 11) is 3.65. The first-order valence-corrected chi connectivity index (χ1v) is 11.0. The van der Waals surface area contributed by atoms with Crippen molar-refractivity contribution in [2.75, 3.05) is 26.0 Å². The van der Waals surface area contributed by atoms with Gasteiger partial charge in [-0.05, 0) is 37.1 Å². The highest BCUT2D eigenvalue weighted by Crippen LogP contribution is 2.32. The van der Waals surface area contributed by atoms with Gasteiger partial charge in [0.05, 0.1) is 24.0 Å². The summed E-state index contributed by atoms with van der Waals surface area (Å²) in [6.45, 7) is 3.91. The number of hydrogen-bond donors (Lipinski definition) is 1. The Morgan fingerprint density at radius 3 is 2.69 bits per heavy atom. The van der Waals surface area contributed by atoms with Crippen LogP contribution >= 0.6 is 0 Å². The second kappa shape index (κ2) is 9.87. The highest BCUT2D eigenvalue weighted by molar-refractivity contribution is 5.72. The average molecular weight is 431 g/mol. The Kier molecular flexibility index (Phi) is 6.75. The van der Waals surface area contributed by atoms with Gasteiger partial charge in [-0.15, -0.1) is 0 Å². The minimum absolute atomic E-state index is 0.0211. The molecular weight excluding hydrogens is 400 g/mol. The van der Waals surface area contributed by atoms with Crippen molar-refractivity contribution in [3.05, 3.63) is 71.8 Å². The van der Waals surface area contributed by atoms with Crippen LogP contribution in [0.5, 0.6) is 0 Å². The second-order valence-electron chi connectivity index (χ2n) is 8.27. The Morgan fingerprint density at radius 2 is 2.00 bits per heavy atom. The van der Waals surface area contributed by atoms with Crippen LogP contribution in [0.3, 0.4) is 0 Å². The molecular formula is C25H30N6O. The molecule has 1 fully saturated rings. The molecule has 1 atom stereocenters. The van der Waals surface area contributed by atoms with E-state index in [4.69, 9.17) is 9.97 Å². The monoisotopic (exact) mass is 430 g/mol. The number of hydrogen-bond acceptors (Lipinski definition) is 6. The van der Waals surface area contributed by atoms with Crippen LogP contribution in [-0.4, -0.2) is 51.3 Å². The van der Waals surface area contributed by atoms with E-state index in [0.29, 0.717) is 6.54 Å². The van der Waals surface area contributed by atoms with E-state index in [2.05, 4.69) is 39.5 Å². The first-order chi connectivity index (χ1) is 15.5. The van der Waals surface area contributed by atoms with Crippen LogP contribution in [-0.2, 0) is 17.9 Å². The van der Waals surface area contributed by atoms with Crippen molar-refractivity contribution in [1.29, 1.82) is 0 Å². The number of anilines is 1. The third kappa shape index (κ3) is 5.11. The molecule has 0 radical (unpaired) electrons. The zero-order valence-electron chi connectivity index (χ0n) is 19.0. The third-order valence-corrected chi connectivity index (χ3v) is 5.95. The smallest absolute Gasteiger partial charge is 0.219 e. The van der Waals surface area contributed by atoms with Crippen LogP contribution in [0.4, 0.5) is 5.82 Å². The van der Waals surface area contributed by atoms with Gasteiger partial charge in [-0.2, -0.15) is 0 Å². The summed E-state index contributed by atoms with van der Waals surface area (Å²) in [5.74, 6) is 1.63. The van der Waals surface area contributed by atoms with Crippen molar-refractivity contribution in [1.82, 2.24) is 24.8 Å². The Bertz CT molecular complexity index is 1050. The third-order valence-electron chi connectivity index (χ3n) is 5.95. The lowest BCUT2D eigenvalue weighted by Gasteiger charge is -2.24. The standard InChI is InChI=1S/C25H30N6O/c1-18(32)30(3)17-21-15-24(26-2)29-25(28-21)23-8-6-14-31(23)16-19-9-11-20(12-10-19)22-7-4-5-13-27-22/h4-5,7,9-13,15,23H,6,8,14,16-17H2,1-3H3,(H,26,28,29)/t23-/m0/s1. The van der Waals surface area contributed by atoms with Gasteiger partial charge in [0.1, 0.15) is 11.6 Å². The number of carbonyl (C=O) groups is 1. The summed E-state index contributed by atoms with van der Waals surface area (Å²) in [6.07, 6.45) is 3.97. The molecule has 32 heavy (non-hydrogen) atoms. The number of amides is 1. The van der Waals surface area contributed by atoms with Gasteiger partial charge < -0.3 is 10.2 Å². The molecule has 1 saturated heterocycles. The fourth-order valence-electron chi connectivity index (χ4n) is 4.09. The van der Waals surface area contributed by atoms with Gasteiger partial charge >= 0.3 is 0 Å². The molecule has 7 nitrogen and oxygen atoms in total. The van der Waals surface area contributed by atoms with Crippen LogP contribution in [0.15, 0.2) is 54.7 Å². The van der Waals surface area contributed by atoms with Crippen molar-refractivity contribution in [2.45, 2.75) is 38.9 Å². The van der Waals surface area contributed by atoms with Crippen LogP contribution in [0.1, 0.15) is 42.9 Å². The predicted octanol–water partition coefficient (Wildman–Crippen LogP) is 3.90. The Morgan fingerprint density at radius 1 is 1.19 bits per heavy atom. The molecule has 1 aliphatic rings.